The molecule has 0 spiro atoms. The van der Waals surface area contributed by atoms with Gasteiger partial charge in [-0.2, -0.15) is 5.10 Å². The molecule has 0 unspecified atom stereocenters. The molecule has 0 amide bonds. The zero-order valence-corrected chi connectivity index (χ0v) is 9.85. The zero-order chi connectivity index (χ0) is 11.6. The second kappa shape index (κ2) is 8.01. The molecule has 0 aliphatic rings. The van der Waals surface area contributed by atoms with Crippen molar-refractivity contribution in [2.45, 2.75) is 25.9 Å². The summed E-state index contributed by atoms with van der Waals surface area (Å²) in [5, 5.41) is 7.55. The van der Waals surface area contributed by atoms with Gasteiger partial charge in [0.15, 0.2) is 5.82 Å². The molecule has 5 heteroatoms. The van der Waals surface area contributed by atoms with Gasteiger partial charge >= 0.3 is 0 Å². The van der Waals surface area contributed by atoms with Crippen LogP contribution in [-0.4, -0.2) is 35.0 Å². The van der Waals surface area contributed by atoms with Crippen molar-refractivity contribution in [3.8, 4) is 0 Å². The van der Waals surface area contributed by atoms with E-state index in [-0.39, 0.29) is 0 Å². The lowest BCUT2D eigenvalue weighted by molar-refractivity contribution is 0.199. The van der Waals surface area contributed by atoms with Crippen molar-refractivity contribution in [3.05, 3.63) is 24.8 Å². The van der Waals surface area contributed by atoms with Crippen molar-refractivity contribution in [1.82, 2.24) is 20.1 Å². The highest BCUT2D eigenvalue weighted by Gasteiger charge is 1.99. The van der Waals surface area contributed by atoms with Crippen LogP contribution in [0.5, 0.6) is 0 Å². The van der Waals surface area contributed by atoms with E-state index < -0.39 is 0 Å². The molecule has 0 atom stereocenters. The highest BCUT2D eigenvalue weighted by atomic mass is 16.5. The number of rotatable bonds is 9. The third-order valence-corrected chi connectivity index (χ3v) is 2.15. The lowest BCUT2D eigenvalue weighted by atomic mass is 10.3. The number of nitrogens with zero attached hydrogens (tertiary/aromatic N) is 3. The summed E-state index contributed by atoms with van der Waals surface area (Å²) in [5.74, 6) is 0.828. The number of nitrogens with one attached hydrogen (secondary N) is 1. The molecule has 1 heterocycles. The van der Waals surface area contributed by atoms with Crippen molar-refractivity contribution < 1.29 is 4.74 Å². The summed E-state index contributed by atoms with van der Waals surface area (Å²) >= 11 is 0. The Morgan fingerprint density at radius 2 is 2.50 bits per heavy atom. The second-order valence-electron chi connectivity index (χ2n) is 3.52. The standard InChI is InChI=1S/C11H20N4O/c1-3-4-5-7-15-10-13-11(14-15)9-12-6-8-16-2/h3,10,12H,1,4-9H2,2H3. The summed E-state index contributed by atoms with van der Waals surface area (Å²) in [5.41, 5.74) is 0. The molecule has 0 saturated heterocycles. The summed E-state index contributed by atoms with van der Waals surface area (Å²) in [6.07, 6.45) is 5.77. The van der Waals surface area contributed by atoms with Gasteiger partial charge in [-0.25, -0.2) is 4.98 Å². The SMILES string of the molecule is C=CCCCn1cnc(CNCCOC)n1. The molecule has 1 rings (SSSR count). The summed E-state index contributed by atoms with van der Waals surface area (Å²) in [6, 6.07) is 0. The monoisotopic (exact) mass is 224 g/mol. The quantitative estimate of drug-likeness (QED) is 0.502. The molecule has 0 fully saturated rings. The van der Waals surface area contributed by atoms with Crippen LogP contribution in [0.4, 0.5) is 0 Å². The van der Waals surface area contributed by atoms with Crippen LogP contribution in [0.2, 0.25) is 0 Å². The largest absolute Gasteiger partial charge is 0.383 e. The molecule has 0 aliphatic heterocycles. The lowest BCUT2D eigenvalue weighted by Gasteiger charge is -2.00. The topological polar surface area (TPSA) is 52.0 Å². The summed E-state index contributed by atoms with van der Waals surface area (Å²) in [7, 11) is 1.69. The van der Waals surface area contributed by atoms with Crippen molar-refractivity contribution in [2.24, 2.45) is 0 Å². The van der Waals surface area contributed by atoms with Gasteiger partial charge in [-0.3, -0.25) is 4.68 Å². The predicted molar refractivity (Wildman–Crippen MR) is 63.0 cm³/mol. The fraction of sp³-hybridized carbons (Fsp3) is 0.636. The molecule has 0 saturated carbocycles. The first-order chi connectivity index (χ1) is 7.86. The Morgan fingerprint density at radius 1 is 1.62 bits per heavy atom. The van der Waals surface area contributed by atoms with Crippen LogP contribution < -0.4 is 5.32 Å². The number of ether oxygens (including phenoxy) is 1. The van der Waals surface area contributed by atoms with Gasteiger partial charge in [0.05, 0.1) is 13.2 Å². The van der Waals surface area contributed by atoms with Crippen LogP contribution in [0.25, 0.3) is 0 Å². The smallest absolute Gasteiger partial charge is 0.164 e. The third kappa shape index (κ3) is 5.04. The van der Waals surface area contributed by atoms with Crippen LogP contribution in [-0.2, 0) is 17.8 Å². The first-order valence-corrected chi connectivity index (χ1v) is 5.55. The fourth-order valence-corrected chi connectivity index (χ4v) is 1.29. The minimum Gasteiger partial charge on any atom is -0.383 e. The number of unbranched alkanes of at least 4 members (excludes halogenated alkanes) is 1. The zero-order valence-electron chi connectivity index (χ0n) is 9.85. The summed E-state index contributed by atoms with van der Waals surface area (Å²) in [6.45, 7) is 6.81. The van der Waals surface area contributed by atoms with E-state index in [2.05, 4.69) is 22.0 Å². The van der Waals surface area contributed by atoms with Crippen LogP contribution in [0.1, 0.15) is 18.7 Å². The van der Waals surface area contributed by atoms with Gasteiger partial charge in [-0.05, 0) is 12.8 Å². The van der Waals surface area contributed by atoms with E-state index in [0.717, 1.165) is 31.8 Å². The van der Waals surface area contributed by atoms with Gasteiger partial charge in [-0.15, -0.1) is 6.58 Å². The number of hydrogen-bond acceptors (Lipinski definition) is 4. The van der Waals surface area contributed by atoms with Crippen molar-refractivity contribution in [1.29, 1.82) is 0 Å². The summed E-state index contributed by atoms with van der Waals surface area (Å²) in [4.78, 5) is 4.22. The van der Waals surface area contributed by atoms with Crippen molar-refractivity contribution >= 4 is 0 Å². The van der Waals surface area contributed by atoms with E-state index in [4.69, 9.17) is 4.74 Å². The van der Waals surface area contributed by atoms with Crippen LogP contribution in [0.3, 0.4) is 0 Å². The van der Waals surface area contributed by atoms with Gasteiger partial charge in [0.25, 0.3) is 0 Å². The molecule has 1 aromatic heterocycles. The first kappa shape index (κ1) is 12.9. The number of aromatic nitrogens is 3. The Morgan fingerprint density at radius 3 is 3.25 bits per heavy atom. The molecule has 0 radical (unpaired) electrons. The molecule has 5 nitrogen and oxygen atoms in total. The maximum Gasteiger partial charge on any atom is 0.164 e. The molecule has 0 aromatic carbocycles. The minimum absolute atomic E-state index is 0.692. The summed E-state index contributed by atoms with van der Waals surface area (Å²) < 4.78 is 6.80. The van der Waals surface area contributed by atoms with Crippen LogP contribution >= 0.6 is 0 Å². The highest BCUT2D eigenvalue weighted by molar-refractivity contribution is 4.80. The van der Waals surface area contributed by atoms with Gasteiger partial charge < -0.3 is 10.1 Å². The fourth-order valence-electron chi connectivity index (χ4n) is 1.29. The molecule has 0 bridgehead atoms. The van der Waals surface area contributed by atoms with Crippen molar-refractivity contribution in [2.75, 3.05) is 20.3 Å². The first-order valence-electron chi connectivity index (χ1n) is 5.55. The van der Waals surface area contributed by atoms with E-state index in [1.807, 2.05) is 10.8 Å². The van der Waals surface area contributed by atoms with Crippen LogP contribution in [0.15, 0.2) is 19.0 Å². The minimum atomic E-state index is 0.692. The molecule has 0 aliphatic carbocycles. The van der Waals surface area contributed by atoms with Crippen LogP contribution in [0, 0.1) is 0 Å². The van der Waals surface area contributed by atoms with E-state index >= 15 is 0 Å². The predicted octanol–water partition coefficient (Wildman–Crippen LogP) is 0.980. The van der Waals surface area contributed by atoms with Gasteiger partial charge in [0, 0.05) is 20.2 Å². The number of aryl methyl sites for hydroxylation is 1. The Bertz CT molecular complexity index is 298. The maximum absolute atomic E-state index is 4.93. The Balaban J connectivity index is 2.20. The highest BCUT2D eigenvalue weighted by Crippen LogP contribution is 1.95. The lowest BCUT2D eigenvalue weighted by Crippen LogP contribution is -2.19. The number of hydrogen-bond donors (Lipinski definition) is 1. The molecular weight excluding hydrogens is 204 g/mol. The van der Waals surface area contributed by atoms with E-state index in [1.165, 1.54) is 0 Å². The molecule has 1 N–H and O–H groups in total. The average Bonchev–Trinajstić information content (AvgIpc) is 2.73. The van der Waals surface area contributed by atoms with Gasteiger partial charge in [0.1, 0.15) is 6.33 Å². The Kier molecular flexibility index (Phi) is 6.44. The maximum atomic E-state index is 4.93. The van der Waals surface area contributed by atoms with E-state index in [1.54, 1.807) is 13.4 Å². The van der Waals surface area contributed by atoms with Gasteiger partial charge in [0.2, 0.25) is 0 Å². The van der Waals surface area contributed by atoms with E-state index in [0.29, 0.717) is 13.2 Å². The van der Waals surface area contributed by atoms with E-state index in [9.17, 15) is 0 Å². The van der Waals surface area contributed by atoms with Crippen molar-refractivity contribution in [3.63, 3.8) is 0 Å². The molecular formula is C11H20N4O. The number of allylic oxidation sites excluding steroid dienone is 1. The average molecular weight is 224 g/mol. The Hall–Kier alpha value is -1.20. The third-order valence-electron chi connectivity index (χ3n) is 2.15. The Labute approximate surface area is 96.5 Å². The molecule has 90 valence electrons. The molecule has 16 heavy (non-hydrogen) atoms. The van der Waals surface area contributed by atoms with Gasteiger partial charge in [-0.1, -0.05) is 6.08 Å². The number of methoxy groups -OCH3 is 1. The second-order valence-corrected chi connectivity index (χ2v) is 3.52. The normalized spacial score (nSPS) is 10.6. The molecule has 1 aromatic rings.